The quantitative estimate of drug-likeness (QED) is 0.826. The summed E-state index contributed by atoms with van der Waals surface area (Å²) in [4.78, 5) is 14.1. The molecule has 0 bridgehead atoms. The van der Waals surface area contributed by atoms with Crippen molar-refractivity contribution in [3.05, 3.63) is 66.0 Å². The molecular formula is C20H23FN2O3. The first-order valence-corrected chi connectivity index (χ1v) is 8.75. The van der Waals surface area contributed by atoms with Gasteiger partial charge in [-0.3, -0.25) is 9.69 Å². The van der Waals surface area contributed by atoms with Crippen LogP contribution in [0.3, 0.4) is 0 Å². The van der Waals surface area contributed by atoms with Crippen LogP contribution in [0.4, 0.5) is 4.39 Å². The zero-order valence-electron chi connectivity index (χ0n) is 14.6. The average Bonchev–Trinajstić information content (AvgIpc) is 2.68. The number of ether oxygens (including phenoxy) is 2. The van der Waals surface area contributed by atoms with Gasteiger partial charge < -0.3 is 14.8 Å². The summed E-state index contributed by atoms with van der Waals surface area (Å²) in [6.07, 6.45) is 0.0717. The molecule has 0 aliphatic carbocycles. The summed E-state index contributed by atoms with van der Waals surface area (Å²) in [5, 5.41) is 2.85. The molecule has 6 heteroatoms. The number of amides is 1. The van der Waals surface area contributed by atoms with Crippen molar-refractivity contribution in [2.45, 2.75) is 6.10 Å². The molecule has 1 heterocycles. The van der Waals surface area contributed by atoms with Gasteiger partial charge in [-0.05, 0) is 29.8 Å². The molecule has 1 atom stereocenters. The molecule has 3 rings (SSSR count). The molecule has 0 radical (unpaired) electrons. The molecule has 1 saturated heterocycles. The number of nitrogens with one attached hydrogen (secondary N) is 1. The number of hydrogen-bond donors (Lipinski definition) is 1. The lowest BCUT2D eigenvalue weighted by Gasteiger charge is -2.33. The smallest absolute Gasteiger partial charge is 0.257 e. The Morgan fingerprint density at radius 2 is 1.96 bits per heavy atom. The minimum absolute atomic E-state index is 0.0717. The molecule has 5 nitrogen and oxygen atoms in total. The Hall–Kier alpha value is -2.44. The topological polar surface area (TPSA) is 50.8 Å². The molecule has 1 N–H and O–H groups in total. The van der Waals surface area contributed by atoms with Gasteiger partial charge in [-0.2, -0.15) is 0 Å². The lowest BCUT2D eigenvalue weighted by molar-refractivity contribution is -0.123. The van der Waals surface area contributed by atoms with Crippen molar-refractivity contribution in [1.29, 1.82) is 0 Å². The van der Waals surface area contributed by atoms with Gasteiger partial charge in [-0.25, -0.2) is 4.39 Å². The van der Waals surface area contributed by atoms with Crippen molar-refractivity contribution in [3.8, 4) is 5.75 Å². The molecule has 26 heavy (non-hydrogen) atoms. The monoisotopic (exact) mass is 358 g/mol. The predicted molar refractivity (Wildman–Crippen MR) is 96.5 cm³/mol. The highest BCUT2D eigenvalue weighted by Crippen LogP contribution is 2.21. The van der Waals surface area contributed by atoms with Gasteiger partial charge in [0, 0.05) is 26.2 Å². The molecule has 2 aromatic rings. The molecule has 0 aromatic heterocycles. The van der Waals surface area contributed by atoms with Crippen molar-refractivity contribution in [2.75, 3.05) is 39.4 Å². The molecule has 1 aliphatic heterocycles. The van der Waals surface area contributed by atoms with Crippen LogP contribution in [-0.2, 0) is 9.53 Å². The number of carbonyl (C=O) groups is 1. The van der Waals surface area contributed by atoms with Gasteiger partial charge >= 0.3 is 0 Å². The lowest BCUT2D eigenvalue weighted by Crippen LogP contribution is -2.43. The van der Waals surface area contributed by atoms with E-state index in [1.165, 1.54) is 29.8 Å². The third kappa shape index (κ3) is 5.54. The standard InChI is InChI=1S/C20H23FN2O3/c21-17-6-8-18(9-7-17)26-15-20(24)22-10-11-23-12-13-25-19(14-23)16-4-2-1-3-5-16/h1-9,19H,10-15H2,(H,22,24)/t19-/m1/s1. The average molecular weight is 358 g/mol. The van der Waals surface area contributed by atoms with Crippen molar-refractivity contribution in [3.63, 3.8) is 0 Å². The minimum atomic E-state index is -0.332. The summed E-state index contributed by atoms with van der Waals surface area (Å²) in [5.74, 6) is -0.0521. The summed E-state index contributed by atoms with van der Waals surface area (Å²) in [5.41, 5.74) is 1.17. The van der Waals surface area contributed by atoms with E-state index in [0.29, 0.717) is 18.9 Å². The molecule has 1 fully saturated rings. The fourth-order valence-corrected chi connectivity index (χ4v) is 2.86. The van der Waals surface area contributed by atoms with Gasteiger partial charge in [-0.1, -0.05) is 30.3 Å². The summed E-state index contributed by atoms with van der Waals surface area (Å²) < 4.78 is 24.0. The van der Waals surface area contributed by atoms with E-state index < -0.39 is 0 Å². The fraction of sp³-hybridized carbons (Fsp3) is 0.350. The zero-order valence-corrected chi connectivity index (χ0v) is 14.6. The second-order valence-corrected chi connectivity index (χ2v) is 6.16. The Morgan fingerprint density at radius 3 is 2.73 bits per heavy atom. The molecule has 1 aliphatic rings. The molecule has 2 aromatic carbocycles. The van der Waals surface area contributed by atoms with Gasteiger partial charge in [0.2, 0.25) is 0 Å². The van der Waals surface area contributed by atoms with Gasteiger partial charge in [0.15, 0.2) is 6.61 Å². The summed E-state index contributed by atoms with van der Waals surface area (Å²) in [7, 11) is 0. The number of carbonyl (C=O) groups excluding carboxylic acids is 1. The zero-order chi connectivity index (χ0) is 18.2. The van der Waals surface area contributed by atoms with E-state index in [1.54, 1.807) is 0 Å². The fourth-order valence-electron chi connectivity index (χ4n) is 2.86. The third-order valence-corrected chi connectivity index (χ3v) is 4.26. The largest absolute Gasteiger partial charge is 0.484 e. The molecule has 0 unspecified atom stereocenters. The Bertz CT molecular complexity index is 694. The maximum atomic E-state index is 12.8. The summed E-state index contributed by atoms with van der Waals surface area (Å²) in [6, 6.07) is 15.8. The van der Waals surface area contributed by atoms with E-state index in [4.69, 9.17) is 9.47 Å². The number of hydrogen-bond acceptors (Lipinski definition) is 4. The number of halogens is 1. The van der Waals surface area contributed by atoms with E-state index >= 15 is 0 Å². The van der Waals surface area contributed by atoms with Gasteiger partial charge in [0.25, 0.3) is 5.91 Å². The van der Waals surface area contributed by atoms with Crippen LogP contribution in [0.15, 0.2) is 54.6 Å². The van der Waals surface area contributed by atoms with Crippen LogP contribution < -0.4 is 10.1 Å². The van der Waals surface area contributed by atoms with Crippen LogP contribution in [0.5, 0.6) is 5.75 Å². The highest BCUT2D eigenvalue weighted by Gasteiger charge is 2.21. The van der Waals surface area contributed by atoms with Gasteiger partial charge in [0.05, 0.1) is 12.7 Å². The Labute approximate surface area is 152 Å². The van der Waals surface area contributed by atoms with Crippen LogP contribution >= 0.6 is 0 Å². The summed E-state index contributed by atoms with van der Waals surface area (Å²) >= 11 is 0. The van der Waals surface area contributed by atoms with Crippen molar-refractivity contribution < 1.29 is 18.7 Å². The highest BCUT2D eigenvalue weighted by molar-refractivity contribution is 5.77. The minimum Gasteiger partial charge on any atom is -0.484 e. The molecular weight excluding hydrogens is 335 g/mol. The second kappa shape index (κ2) is 9.31. The number of rotatable bonds is 7. The van der Waals surface area contributed by atoms with Crippen molar-refractivity contribution in [1.82, 2.24) is 10.2 Å². The molecule has 1 amide bonds. The Kier molecular flexibility index (Phi) is 6.57. The van der Waals surface area contributed by atoms with E-state index in [2.05, 4.69) is 22.3 Å². The van der Waals surface area contributed by atoms with Crippen LogP contribution in [0, 0.1) is 5.82 Å². The molecule has 138 valence electrons. The van der Waals surface area contributed by atoms with Crippen molar-refractivity contribution >= 4 is 5.91 Å². The second-order valence-electron chi connectivity index (χ2n) is 6.16. The number of benzene rings is 2. The van der Waals surface area contributed by atoms with Gasteiger partial charge in [-0.15, -0.1) is 0 Å². The van der Waals surface area contributed by atoms with Crippen LogP contribution in [0.2, 0.25) is 0 Å². The van der Waals surface area contributed by atoms with Crippen LogP contribution in [0.1, 0.15) is 11.7 Å². The normalized spacial score (nSPS) is 17.7. The van der Waals surface area contributed by atoms with E-state index in [1.807, 2.05) is 18.2 Å². The first-order chi connectivity index (χ1) is 12.7. The number of morpholine rings is 1. The first-order valence-electron chi connectivity index (χ1n) is 8.75. The van der Waals surface area contributed by atoms with E-state index in [9.17, 15) is 9.18 Å². The number of nitrogens with zero attached hydrogens (tertiary/aromatic N) is 1. The maximum absolute atomic E-state index is 12.8. The third-order valence-electron chi connectivity index (χ3n) is 4.26. The molecule has 0 saturated carbocycles. The van der Waals surface area contributed by atoms with Gasteiger partial charge in [0.1, 0.15) is 11.6 Å². The lowest BCUT2D eigenvalue weighted by atomic mass is 10.1. The highest BCUT2D eigenvalue weighted by atomic mass is 19.1. The van der Waals surface area contributed by atoms with Crippen LogP contribution in [-0.4, -0.2) is 50.2 Å². The van der Waals surface area contributed by atoms with Crippen molar-refractivity contribution in [2.24, 2.45) is 0 Å². The Balaban J connectivity index is 1.36. The van der Waals surface area contributed by atoms with E-state index in [0.717, 1.165) is 19.6 Å². The maximum Gasteiger partial charge on any atom is 0.257 e. The molecule has 0 spiro atoms. The first kappa shape index (κ1) is 18.4. The van der Waals surface area contributed by atoms with Crippen LogP contribution in [0.25, 0.3) is 0 Å². The summed E-state index contributed by atoms with van der Waals surface area (Å²) in [6.45, 7) is 3.57. The van der Waals surface area contributed by atoms with E-state index in [-0.39, 0.29) is 24.4 Å². The predicted octanol–water partition coefficient (Wildman–Crippen LogP) is 2.39. The SMILES string of the molecule is O=C(COc1ccc(F)cc1)NCCN1CCO[C@@H](c2ccccc2)C1. The Morgan fingerprint density at radius 1 is 1.19 bits per heavy atom.